The van der Waals surface area contributed by atoms with Gasteiger partial charge in [0.05, 0.1) is 18.8 Å². The predicted octanol–water partition coefficient (Wildman–Crippen LogP) is 3.20. The molecule has 6 heteroatoms. The SMILES string of the molecule is CC1COC(Cc2ccc(F)cc2)CN1C(=O)COc1ccc(F)cc1. The number of benzene rings is 2. The lowest BCUT2D eigenvalue weighted by Gasteiger charge is -2.38. The van der Waals surface area contributed by atoms with Crippen LogP contribution in [-0.4, -0.2) is 42.7 Å². The topological polar surface area (TPSA) is 38.8 Å². The predicted molar refractivity (Wildman–Crippen MR) is 92.9 cm³/mol. The van der Waals surface area contributed by atoms with Gasteiger partial charge in [0.2, 0.25) is 0 Å². The number of carbonyl (C=O) groups excluding carboxylic acids is 1. The molecule has 26 heavy (non-hydrogen) atoms. The molecule has 0 bridgehead atoms. The van der Waals surface area contributed by atoms with E-state index in [0.717, 1.165) is 5.56 Å². The number of carbonyl (C=O) groups is 1. The van der Waals surface area contributed by atoms with Crippen LogP contribution >= 0.6 is 0 Å². The molecule has 4 nitrogen and oxygen atoms in total. The van der Waals surface area contributed by atoms with E-state index in [4.69, 9.17) is 9.47 Å². The number of morpholine rings is 1. The van der Waals surface area contributed by atoms with E-state index in [1.54, 1.807) is 17.0 Å². The maximum Gasteiger partial charge on any atom is 0.260 e. The first-order valence-corrected chi connectivity index (χ1v) is 8.55. The molecule has 0 aromatic heterocycles. The molecule has 1 amide bonds. The molecule has 2 unspecified atom stereocenters. The van der Waals surface area contributed by atoms with Crippen LogP contribution in [0.4, 0.5) is 8.78 Å². The maximum absolute atomic E-state index is 13.0. The van der Waals surface area contributed by atoms with Crippen LogP contribution in [0.5, 0.6) is 5.75 Å². The lowest BCUT2D eigenvalue weighted by atomic mass is 10.1. The van der Waals surface area contributed by atoms with Gasteiger partial charge in [-0.25, -0.2) is 8.78 Å². The fourth-order valence-corrected chi connectivity index (χ4v) is 2.93. The lowest BCUT2D eigenvalue weighted by molar-refractivity contribution is -0.146. The quantitative estimate of drug-likeness (QED) is 0.821. The summed E-state index contributed by atoms with van der Waals surface area (Å²) in [7, 11) is 0. The molecule has 138 valence electrons. The van der Waals surface area contributed by atoms with Crippen LogP contribution in [0.15, 0.2) is 48.5 Å². The zero-order valence-corrected chi connectivity index (χ0v) is 14.5. The van der Waals surface area contributed by atoms with Gasteiger partial charge in [0.15, 0.2) is 6.61 Å². The van der Waals surface area contributed by atoms with Crippen molar-refractivity contribution >= 4 is 5.91 Å². The summed E-state index contributed by atoms with van der Waals surface area (Å²) in [4.78, 5) is 14.3. The Kier molecular flexibility index (Phi) is 5.83. The minimum Gasteiger partial charge on any atom is -0.484 e. The Hall–Kier alpha value is -2.47. The first-order chi connectivity index (χ1) is 12.5. The van der Waals surface area contributed by atoms with Crippen molar-refractivity contribution < 1.29 is 23.0 Å². The van der Waals surface area contributed by atoms with E-state index < -0.39 is 0 Å². The molecule has 0 N–H and O–H groups in total. The molecule has 0 spiro atoms. The van der Waals surface area contributed by atoms with Gasteiger partial charge in [0.25, 0.3) is 5.91 Å². The maximum atomic E-state index is 13.0. The average Bonchev–Trinajstić information content (AvgIpc) is 2.64. The summed E-state index contributed by atoms with van der Waals surface area (Å²) in [6.07, 6.45) is 0.460. The lowest BCUT2D eigenvalue weighted by Crippen LogP contribution is -2.52. The first kappa shape index (κ1) is 18.3. The molecular formula is C20H21F2NO3. The number of amides is 1. The van der Waals surface area contributed by atoms with Crippen LogP contribution in [0.2, 0.25) is 0 Å². The standard InChI is InChI=1S/C20H21F2NO3/c1-14-12-25-19(10-15-2-4-16(21)5-3-15)11-23(14)20(24)13-26-18-8-6-17(22)7-9-18/h2-9,14,19H,10-13H2,1H3. The van der Waals surface area contributed by atoms with Crippen molar-refractivity contribution in [3.63, 3.8) is 0 Å². The summed E-state index contributed by atoms with van der Waals surface area (Å²) in [5.74, 6) is -0.325. The third-order valence-electron chi connectivity index (χ3n) is 4.38. The van der Waals surface area contributed by atoms with Crippen molar-refractivity contribution in [1.29, 1.82) is 0 Å². The highest BCUT2D eigenvalue weighted by atomic mass is 19.1. The van der Waals surface area contributed by atoms with Crippen LogP contribution in [0.1, 0.15) is 12.5 Å². The second-order valence-corrected chi connectivity index (χ2v) is 6.42. The zero-order valence-electron chi connectivity index (χ0n) is 14.5. The summed E-state index contributed by atoms with van der Waals surface area (Å²) in [6, 6.07) is 11.8. The Morgan fingerprint density at radius 1 is 1.12 bits per heavy atom. The summed E-state index contributed by atoms with van der Waals surface area (Å²) >= 11 is 0. The summed E-state index contributed by atoms with van der Waals surface area (Å²) in [5, 5.41) is 0. The van der Waals surface area contributed by atoms with Crippen molar-refractivity contribution in [3.8, 4) is 5.75 Å². The van der Waals surface area contributed by atoms with E-state index in [-0.39, 0.29) is 36.3 Å². The Balaban J connectivity index is 1.55. The number of hydrogen-bond acceptors (Lipinski definition) is 3. The van der Waals surface area contributed by atoms with Crippen LogP contribution < -0.4 is 4.74 Å². The van der Waals surface area contributed by atoms with E-state index in [0.29, 0.717) is 25.3 Å². The van der Waals surface area contributed by atoms with Gasteiger partial charge in [-0.15, -0.1) is 0 Å². The van der Waals surface area contributed by atoms with Gasteiger partial charge in [-0.2, -0.15) is 0 Å². The van der Waals surface area contributed by atoms with E-state index in [1.165, 1.54) is 36.4 Å². The molecule has 1 heterocycles. The molecule has 1 saturated heterocycles. The average molecular weight is 361 g/mol. The van der Waals surface area contributed by atoms with Crippen molar-refractivity contribution in [2.75, 3.05) is 19.8 Å². The van der Waals surface area contributed by atoms with Crippen LogP contribution in [0, 0.1) is 11.6 Å². The normalized spacial score (nSPS) is 20.0. The van der Waals surface area contributed by atoms with E-state index in [1.807, 2.05) is 6.92 Å². The minimum absolute atomic E-state index is 0.0521. The molecule has 3 rings (SSSR count). The van der Waals surface area contributed by atoms with Gasteiger partial charge < -0.3 is 14.4 Å². The number of hydrogen-bond donors (Lipinski definition) is 0. The fraction of sp³-hybridized carbons (Fsp3) is 0.350. The van der Waals surface area contributed by atoms with Gasteiger partial charge >= 0.3 is 0 Å². The molecule has 2 aromatic rings. The van der Waals surface area contributed by atoms with Crippen molar-refractivity contribution in [1.82, 2.24) is 4.90 Å². The second-order valence-electron chi connectivity index (χ2n) is 6.42. The van der Waals surface area contributed by atoms with Gasteiger partial charge in [-0.1, -0.05) is 12.1 Å². The molecular weight excluding hydrogens is 340 g/mol. The molecule has 2 aromatic carbocycles. The largest absolute Gasteiger partial charge is 0.484 e. The van der Waals surface area contributed by atoms with E-state index in [2.05, 4.69) is 0 Å². The molecule has 1 fully saturated rings. The zero-order chi connectivity index (χ0) is 18.5. The van der Waals surface area contributed by atoms with E-state index >= 15 is 0 Å². The van der Waals surface area contributed by atoms with Gasteiger partial charge in [-0.3, -0.25) is 4.79 Å². The van der Waals surface area contributed by atoms with Crippen molar-refractivity contribution in [2.45, 2.75) is 25.5 Å². The number of nitrogens with zero attached hydrogens (tertiary/aromatic N) is 1. The Morgan fingerprint density at radius 3 is 2.38 bits per heavy atom. The molecule has 2 atom stereocenters. The Labute approximate surface area is 151 Å². The molecule has 0 radical (unpaired) electrons. The second kappa shape index (κ2) is 8.27. The molecule has 0 saturated carbocycles. The first-order valence-electron chi connectivity index (χ1n) is 8.55. The molecule has 0 aliphatic carbocycles. The molecule has 1 aliphatic heterocycles. The third-order valence-corrected chi connectivity index (χ3v) is 4.38. The summed E-state index contributed by atoms with van der Waals surface area (Å²) in [5.41, 5.74) is 0.959. The summed E-state index contributed by atoms with van der Waals surface area (Å²) in [6.45, 7) is 2.70. The van der Waals surface area contributed by atoms with Crippen LogP contribution in [-0.2, 0) is 16.0 Å². The Morgan fingerprint density at radius 2 is 1.73 bits per heavy atom. The summed E-state index contributed by atoms with van der Waals surface area (Å²) < 4.78 is 37.2. The van der Waals surface area contributed by atoms with Crippen molar-refractivity contribution in [2.24, 2.45) is 0 Å². The van der Waals surface area contributed by atoms with Crippen LogP contribution in [0.25, 0.3) is 0 Å². The Bertz CT molecular complexity index is 734. The van der Waals surface area contributed by atoms with E-state index in [9.17, 15) is 13.6 Å². The van der Waals surface area contributed by atoms with Crippen molar-refractivity contribution in [3.05, 3.63) is 65.7 Å². The highest BCUT2D eigenvalue weighted by Crippen LogP contribution is 2.17. The fourth-order valence-electron chi connectivity index (χ4n) is 2.93. The molecule has 1 aliphatic rings. The smallest absolute Gasteiger partial charge is 0.260 e. The highest BCUT2D eigenvalue weighted by molar-refractivity contribution is 5.78. The van der Waals surface area contributed by atoms with Gasteiger partial charge in [0.1, 0.15) is 17.4 Å². The number of halogens is 2. The third kappa shape index (κ3) is 4.79. The number of ether oxygens (including phenoxy) is 2. The minimum atomic E-state index is -0.353. The van der Waals surface area contributed by atoms with Gasteiger partial charge in [-0.05, 0) is 48.9 Å². The van der Waals surface area contributed by atoms with Gasteiger partial charge in [0, 0.05) is 13.0 Å². The monoisotopic (exact) mass is 361 g/mol. The highest BCUT2D eigenvalue weighted by Gasteiger charge is 2.29. The number of rotatable bonds is 5. The van der Waals surface area contributed by atoms with Crippen LogP contribution in [0.3, 0.4) is 0 Å².